The summed E-state index contributed by atoms with van der Waals surface area (Å²) in [6.45, 7) is 13.1. The Morgan fingerprint density at radius 3 is 2.23 bits per heavy atom. The average molecular weight is 409 g/mol. The lowest BCUT2D eigenvalue weighted by atomic mass is 9.87. The van der Waals surface area contributed by atoms with Crippen LogP contribution in [0.4, 0.5) is 5.69 Å². The van der Waals surface area contributed by atoms with Crippen LogP contribution in [0.2, 0.25) is 0 Å². The van der Waals surface area contributed by atoms with Crippen molar-refractivity contribution >= 4 is 11.6 Å². The standard InChI is InChI=1S/C26H36N2O2/c1-19-14-16-28(17-15-19)23-10-6-21(7-11-23)20(2)27-25(29)18-30-24-12-8-22(9-13-24)26(3,4)5/h6-13,19-20H,14-18H2,1-5H3,(H,27,29)/t20-/m1/s1. The molecule has 0 unspecified atom stereocenters. The third kappa shape index (κ3) is 6.01. The zero-order valence-corrected chi connectivity index (χ0v) is 19.1. The molecule has 1 heterocycles. The summed E-state index contributed by atoms with van der Waals surface area (Å²) < 4.78 is 5.66. The van der Waals surface area contributed by atoms with Gasteiger partial charge in [0.15, 0.2) is 6.61 Å². The largest absolute Gasteiger partial charge is 0.484 e. The van der Waals surface area contributed by atoms with Crippen LogP contribution in [0.5, 0.6) is 5.75 Å². The quantitative estimate of drug-likeness (QED) is 0.688. The molecule has 1 aliphatic heterocycles. The molecule has 0 spiro atoms. The van der Waals surface area contributed by atoms with Gasteiger partial charge in [0.2, 0.25) is 0 Å². The molecule has 2 aromatic rings. The predicted molar refractivity (Wildman–Crippen MR) is 124 cm³/mol. The summed E-state index contributed by atoms with van der Waals surface area (Å²) in [5.41, 5.74) is 3.72. The Labute approximate surface area is 181 Å². The van der Waals surface area contributed by atoms with Crippen LogP contribution in [0.15, 0.2) is 48.5 Å². The van der Waals surface area contributed by atoms with Crippen molar-refractivity contribution in [3.05, 3.63) is 59.7 Å². The van der Waals surface area contributed by atoms with Gasteiger partial charge in [-0.25, -0.2) is 0 Å². The number of anilines is 1. The number of hydrogen-bond acceptors (Lipinski definition) is 3. The molecule has 0 bridgehead atoms. The molecule has 2 aromatic carbocycles. The van der Waals surface area contributed by atoms with E-state index in [4.69, 9.17) is 4.74 Å². The van der Waals surface area contributed by atoms with E-state index in [1.54, 1.807) is 0 Å². The highest BCUT2D eigenvalue weighted by molar-refractivity contribution is 5.78. The van der Waals surface area contributed by atoms with Crippen LogP contribution in [0.25, 0.3) is 0 Å². The Morgan fingerprint density at radius 1 is 1.07 bits per heavy atom. The fourth-order valence-electron chi connectivity index (χ4n) is 3.81. The first-order chi connectivity index (χ1) is 14.2. The maximum Gasteiger partial charge on any atom is 0.258 e. The second-order valence-electron chi connectivity index (χ2n) is 9.61. The van der Waals surface area contributed by atoms with Gasteiger partial charge in [0.1, 0.15) is 5.75 Å². The third-order valence-electron chi connectivity index (χ3n) is 6.01. The highest BCUT2D eigenvalue weighted by Crippen LogP contribution is 2.25. The second kappa shape index (κ2) is 9.55. The summed E-state index contributed by atoms with van der Waals surface area (Å²) in [5.74, 6) is 1.43. The topological polar surface area (TPSA) is 41.6 Å². The Kier molecular flexibility index (Phi) is 7.06. The van der Waals surface area contributed by atoms with Crippen LogP contribution in [0.1, 0.15) is 64.6 Å². The van der Waals surface area contributed by atoms with Gasteiger partial charge in [-0.05, 0) is 66.5 Å². The summed E-state index contributed by atoms with van der Waals surface area (Å²) >= 11 is 0. The molecule has 0 saturated carbocycles. The molecule has 0 aliphatic carbocycles. The van der Waals surface area contributed by atoms with E-state index in [0.29, 0.717) is 5.75 Å². The highest BCUT2D eigenvalue weighted by atomic mass is 16.5. The molecular formula is C26H36N2O2. The number of carbonyl (C=O) groups excluding carboxylic acids is 1. The minimum absolute atomic E-state index is 0.0171. The maximum absolute atomic E-state index is 12.3. The number of amides is 1. The van der Waals surface area contributed by atoms with E-state index < -0.39 is 0 Å². The summed E-state index contributed by atoms with van der Waals surface area (Å²) in [6.07, 6.45) is 2.51. The van der Waals surface area contributed by atoms with Gasteiger partial charge in [-0.3, -0.25) is 4.79 Å². The number of nitrogens with zero attached hydrogens (tertiary/aromatic N) is 1. The minimum atomic E-state index is -0.114. The molecule has 1 fully saturated rings. The molecular weight excluding hydrogens is 372 g/mol. The molecule has 1 saturated heterocycles. The van der Waals surface area contributed by atoms with Crippen molar-refractivity contribution in [2.24, 2.45) is 5.92 Å². The Balaban J connectivity index is 1.48. The summed E-state index contributed by atoms with van der Waals surface area (Å²) in [6, 6.07) is 16.5. The zero-order valence-electron chi connectivity index (χ0n) is 19.1. The monoisotopic (exact) mass is 408 g/mol. The van der Waals surface area contributed by atoms with Crippen LogP contribution >= 0.6 is 0 Å². The molecule has 1 aliphatic rings. The molecule has 4 nitrogen and oxygen atoms in total. The van der Waals surface area contributed by atoms with Gasteiger partial charge in [-0.2, -0.15) is 0 Å². The van der Waals surface area contributed by atoms with Crippen molar-refractivity contribution < 1.29 is 9.53 Å². The minimum Gasteiger partial charge on any atom is -0.484 e. The third-order valence-corrected chi connectivity index (χ3v) is 6.01. The van der Waals surface area contributed by atoms with Crippen molar-refractivity contribution in [1.29, 1.82) is 0 Å². The molecule has 0 aromatic heterocycles. The van der Waals surface area contributed by atoms with Crippen LogP contribution < -0.4 is 15.0 Å². The van der Waals surface area contributed by atoms with Crippen LogP contribution in [0, 0.1) is 5.92 Å². The first-order valence-corrected chi connectivity index (χ1v) is 11.1. The van der Waals surface area contributed by atoms with E-state index in [1.807, 2.05) is 19.1 Å². The number of benzene rings is 2. The lowest BCUT2D eigenvalue weighted by Crippen LogP contribution is -2.33. The van der Waals surface area contributed by atoms with Crippen molar-refractivity contribution in [1.82, 2.24) is 5.32 Å². The number of ether oxygens (including phenoxy) is 1. The molecule has 3 rings (SSSR count). The van der Waals surface area contributed by atoms with Crippen LogP contribution in [-0.2, 0) is 10.2 Å². The van der Waals surface area contributed by atoms with Gasteiger partial charge in [0.25, 0.3) is 5.91 Å². The Morgan fingerprint density at radius 2 is 1.67 bits per heavy atom. The number of hydrogen-bond donors (Lipinski definition) is 1. The predicted octanol–water partition coefficient (Wildman–Crippen LogP) is 5.48. The van der Waals surface area contributed by atoms with E-state index in [2.05, 4.69) is 74.3 Å². The second-order valence-corrected chi connectivity index (χ2v) is 9.61. The first kappa shape index (κ1) is 22.2. The van der Waals surface area contributed by atoms with Gasteiger partial charge in [-0.1, -0.05) is 52.0 Å². The van der Waals surface area contributed by atoms with E-state index in [1.165, 1.54) is 24.1 Å². The van der Waals surface area contributed by atoms with E-state index >= 15 is 0 Å². The molecule has 0 radical (unpaired) electrons. The van der Waals surface area contributed by atoms with Crippen molar-refractivity contribution in [3.8, 4) is 5.75 Å². The van der Waals surface area contributed by atoms with E-state index in [-0.39, 0.29) is 24.0 Å². The maximum atomic E-state index is 12.3. The van der Waals surface area contributed by atoms with Gasteiger partial charge in [0.05, 0.1) is 6.04 Å². The number of rotatable bonds is 6. The highest BCUT2D eigenvalue weighted by Gasteiger charge is 2.17. The van der Waals surface area contributed by atoms with Gasteiger partial charge >= 0.3 is 0 Å². The fraction of sp³-hybridized carbons (Fsp3) is 0.500. The lowest BCUT2D eigenvalue weighted by Gasteiger charge is -2.32. The fourth-order valence-corrected chi connectivity index (χ4v) is 3.81. The van der Waals surface area contributed by atoms with E-state index in [9.17, 15) is 4.79 Å². The van der Waals surface area contributed by atoms with Crippen molar-refractivity contribution in [2.45, 2.75) is 58.9 Å². The van der Waals surface area contributed by atoms with Crippen molar-refractivity contribution in [3.63, 3.8) is 0 Å². The van der Waals surface area contributed by atoms with Gasteiger partial charge < -0.3 is 15.0 Å². The van der Waals surface area contributed by atoms with Crippen molar-refractivity contribution in [2.75, 3.05) is 24.6 Å². The van der Waals surface area contributed by atoms with Crippen LogP contribution in [0.3, 0.4) is 0 Å². The molecule has 30 heavy (non-hydrogen) atoms. The summed E-state index contributed by atoms with van der Waals surface area (Å²) in [7, 11) is 0. The van der Waals surface area contributed by atoms with Gasteiger partial charge in [0, 0.05) is 18.8 Å². The van der Waals surface area contributed by atoms with Gasteiger partial charge in [-0.15, -0.1) is 0 Å². The summed E-state index contributed by atoms with van der Waals surface area (Å²) in [5, 5.41) is 3.03. The molecule has 4 heteroatoms. The normalized spacial score (nSPS) is 16.2. The average Bonchev–Trinajstić information content (AvgIpc) is 2.72. The Bertz CT molecular complexity index is 814. The molecule has 1 amide bonds. The number of nitrogens with one attached hydrogen (secondary N) is 1. The number of piperidine rings is 1. The molecule has 1 N–H and O–H groups in total. The number of carbonyl (C=O) groups is 1. The SMILES string of the molecule is CC1CCN(c2ccc([C@@H](C)NC(=O)COc3ccc(C(C)(C)C)cc3)cc2)CC1. The molecule has 1 atom stereocenters. The molecule has 162 valence electrons. The zero-order chi connectivity index (χ0) is 21.7. The summed E-state index contributed by atoms with van der Waals surface area (Å²) in [4.78, 5) is 14.8. The smallest absolute Gasteiger partial charge is 0.258 e. The van der Waals surface area contributed by atoms with Crippen LogP contribution in [-0.4, -0.2) is 25.6 Å². The van der Waals surface area contributed by atoms with E-state index in [0.717, 1.165) is 24.6 Å². The Hall–Kier alpha value is -2.49. The lowest BCUT2D eigenvalue weighted by molar-refractivity contribution is -0.123. The first-order valence-electron chi connectivity index (χ1n) is 11.1.